The maximum Gasteiger partial charge on any atom is 0.0901 e. The fraction of sp³-hybridized carbons (Fsp3) is 0. The summed E-state index contributed by atoms with van der Waals surface area (Å²) in [6, 6.07) is 57.2. The standard InChI is InChI=1S/C49H29N3/c1-2-7-31(8-3-1)44-28-52-45(29-51-44)37-23-24-43(50-27-37)32-17-15-30(16-18-32)38-25-36-22-21-35-10-5-13-40-39-12-4-9-33-19-20-34-11-6-14-41(48(34)46(33)39)42(26-38)49(36)47(35)40/h1-29H. The van der Waals surface area contributed by atoms with E-state index < -0.39 is 0 Å². The molecule has 52 heavy (non-hydrogen) atoms. The predicted octanol–water partition coefficient (Wildman–Crippen LogP) is 12.9. The molecule has 11 aromatic rings. The van der Waals surface area contributed by atoms with Crippen molar-refractivity contribution in [3.63, 3.8) is 0 Å². The molecule has 0 atom stereocenters. The van der Waals surface area contributed by atoms with Crippen molar-refractivity contribution in [1.29, 1.82) is 0 Å². The number of aromatic nitrogens is 3. The first-order valence-corrected chi connectivity index (χ1v) is 17.7. The molecule has 0 amide bonds. The molecular weight excluding hydrogens is 631 g/mol. The predicted molar refractivity (Wildman–Crippen MR) is 218 cm³/mol. The fourth-order valence-corrected chi connectivity index (χ4v) is 8.24. The Kier molecular flexibility index (Phi) is 6.25. The van der Waals surface area contributed by atoms with Crippen LogP contribution in [0.1, 0.15) is 0 Å². The molecule has 2 aromatic heterocycles. The van der Waals surface area contributed by atoms with Gasteiger partial charge in [0, 0.05) is 22.9 Å². The third kappa shape index (κ3) is 4.43. The van der Waals surface area contributed by atoms with Crippen molar-refractivity contribution in [3.8, 4) is 44.9 Å². The average molecular weight is 660 g/mol. The molecule has 9 aromatic carbocycles. The molecule has 0 radical (unpaired) electrons. The minimum absolute atomic E-state index is 0.802. The number of rotatable bonds is 4. The number of hydrogen-bond acceptors (Lipinski definition) is 3. The third-order valence-electron chi connectivity index (χ3n) is 10.7. The second kappa shape index (κ2) is 11.3. The molecule has 0 fully saturated rings. The van der Waals surface area contributed by atoms with Gasteiger partial charge in [-0.2, -0.15) is 0 Å². The van der Waals surface area contributed by atoms with E-state index in [9.17, 15) is 0 Å². The molecule has 11 rings (SSSR count). The average Bonchev–Trinajstić information content (AvgIpc) is 3.22. The van der Waals surface area contributed by atoms with E-state index >= 15 is 0 Å². The van der Waals surface area contributed by atoms with E-state index in [1.807, 2.05) is 48.9 Å². The molecule has 0 spiro atoms. The van der Waals surface area contributed by atoms with Crippen LogP contribution in [0.15, 0.2) is 176 Å². The van der Waals surface area contributed by atoms with Crippen LogP contribution in [-0.2, 0) is 0 Å². The lowest BCUT2D eigenvalue weighted by atomic mass is 9.86. The SMILES string of the molecule is c1ccc(-c2cnc(-c3ccc(-c4ccc(-c5cc6ccc7cccc8c9cccc%10ccc%11cccc(c(c5)c6c78)c%11c%109)cc4)nc3)cn2)cc1. The van der Waals surface area contributed by atoms with Gasteiger partial charge in [0.15, 0.2) is 0 Å². The largest absolute Gasteiger partial charge is 0.256 e. The van der Waals surface area contributed by atoms with Crippen LogP contribution in [0.3, 0.4) is 0 Å². The van der Waals surface area contributed by atoms with Crippen molar-refractivity contribution < 1.29 is 0 Å². The first kappa shape index (κ1) is 28.8. The Morgan fingerprint density at radius 2 is 0.731 bits per heavy atom. The summed E-state index contributed by atoms with van der Waals surface area (Å²) in [6.07, 6.45) is 5.52. The van der Waals surface area contributed by atoms with Crippen LogP contribution in [0.4, 0.5) is 0 Å². The lowest BCUT2D eigenvalue weighted by molar-refractivity contribution is 1.20. The van der Waals surface area contributed by atoms with Gasteiger partial charge in [-0.05, 0) is 100 Å². The summed E-state index contributed by atoms with van der Waals surface area (Å²) in [4.78, 5) is 14.1. The van der Waals surface area contributed by atoms with E-state index in [4.69, 9.17) is 4.98 Å². The van der Waals surface area contributed by atoms with Crippen molar-refractivity contribution in [2.75, 3.05) is 0 Å². The van der Waals surface area contributed by atoms with E-state index in [0.717, 1.165) is 33.8 Å². The number of pyridine rings is 1. The zero-order chi connectivity index (χ0) is 34.2. The monoisotopic (exact) mass is 659 g/mol. The van der Waals surface area contributed by atoms with Gasteiger partial charge in [0.25, 0.3) is 0 Å². The quantitative estimate of drug-likeness (QED) is 0.177. The van der Waals surface area contributed by atoms with Crippen molar-refractivity contribution in [1.82, 2.24) is 15.0 Å². The van der Waals surface area contributed by atoms with E-state index in [0.29, 0.717) is 0 Å². The van der Waals surface area contributed by atoms with E-state index in [1.54, 1.807) is 0 Å². The lowest BCUT2D eigenvalue weighted by Crippen LogP contribution is -1.91. The number of fused-ring (bicyclic) bond motifs is 2. The van der Waals surface area contributed by atoms with Crippen molar-refractivity contribution in [2.24, 2.45) is 0 Å². The fourth-order valence-electron chi connectivity index (χ4n) is 8.24. The highest BCUT2D eigenvalue weighted by molar-refractivity contribution is 6.37. The molecule has 0 aliphatic rings. The van der Waals surface area contributed by atoms with Gasteiger partial charge in [0.2, 0.25) is 0 Å². The Morgan fingerprint density at radius 1 is 0.250 bits per heavy atom. The highest BCUT2D eigenvalue weighted by Crippen LogP contribution is 2.44. The van der Waals surface area contributed by atoms with Gasteiger partial charge < -0.3 is 0 Å². The van der Waals surface area contributed by atoms with E-state index in [-0.39, 0.29) is 0 Å². The summed E-state index contributed by atoms with van der Waals surface area (Å²) in [6.45, 7) is 0. The zero-order valence-electron chi connectivity index (χ0n) is 28.1. The van der Waals surface area contributed by atoms with Crippen molar-refractivity contribution in [3.05, 3.63) is 176 Å². The second-order valence-corrected chi connectivity index (χ2v) is 13.6. The van der Waals surface area contributed by atoms with E-state index in [2.05, 4.69) is 137 Å². The number of nitrogens with zero attached hydrogens (tertiary/aromatic N) is 3. The van der Waals surface area contributed by atoms with Gasteiger partial charge in [-0.25, -0.2) is 0 Å². The summed E-state index contributed by atoms with van der Waals surface area (Å²) < 4.78 is 0. The molecule has 0 unspecified atom stereocenters. The van der Waals surface area contributed by atoms with E-state index in [1.165, 1.54) is 75.8 Å². The Bertz CT molecular complexity index is 3130. The van der Waals surface area contributed by atoms with Gasteiger partial charge in [0.05, 0.1) is 29.5 Å². The van der Waals surface area contributed by atoms with Crippen molar-refractivity contribution in [2.45, 2.75) is 0 Å². The Morgan fingerprint density at radius 3 is 1.31 bits per heavy atom. The van der Waals surface area contributed by atoms with Crippen molar-refractivity contribution >= 4 is 64.6 Å². The summed E-state index contributed by atoms with van der Waals surface area (Å²) in [5, 5.41) is 15.5. The van der Waals surface area contributed by atoms with Crippen LogP contribution in [0.25, 0.3) is 110 Å². The molecule has 0 aliphatic heterocycles. The summed E-state index contributed by atoms with van der Waals surface area (Å²) in [5.41, 5.74) is 8.01. The highest BCUT2D eigenvalue weighted by Gasteiger charge is 2.16. The number of hydrogen-bond donors (Lipinski definition) is 0. The van der Waals surface area contributed by atoms with Crippen LogP contribution < -0.4 is 0 Å². The first-order chi connectivity index (χ1) is 25.8. The molecule has 0 aliphatic carbocycles. The smallest absolute Gasteiger partial charge is 0.0901 e. The van der Waals surface area contributed by atoms with Gasteiger partial charge in [-0.15, -0.1) is 0 Å². The Balaban J connectivity index is 1.03. The molecule has 240 valence electrons. The maximum atomic E-state index is 4.82. The van der Waals surface area contributed by atoms with Crippen LogP contribution in [0, 0.1) is 0 Å². The van der Waals surface area contributed by atoms with Crippen LogP contribution in [-0.4, -0.2) is 15.0 Å². The lowest BCUT2D eigenvalue weighted by Gasteiger charge is -2.17. The third-order valence-corrected chi connectivity index (χ3v) is 10.7. The Labute approximate surface area is 299 Å². The highest BCUT2D eigenvalue weighted by atomic mass is 14.8. The summed E-state index contributed by atoms with van der Waals surface area (Å²) in [5.74, 6) is 0. The maximum absolute atomic E-state index is 4.82. The molecule has 0 saturated carbocycles. The van der Waals surface area contributed by atoms with Gasteiger partial charge in [0.1, 0.15) is 0 Å². The summed E-state index contributed by atoms with van der Waals surface area (Å²) >= 11 is 0. The van der Waals surface area contributed by atoms with Crippen LogP contribution >= 0.6 is 0 Å². The summed E-state index contributed by atoms with van der Waals surface area (Å²) in [7, 11) is 0. The normalized spacial score (nSPS) is 11.8. The van der Waals surface area contributed by atoms with Crippen LogP contribution in [0.2, 0.25) is 0 Å². The minimum Gasteiger partial charge on any atom is -0.256 e. The first-order valence-electron chi connectivity index (χ1n) is 17.7. The minimum atomic E-state index is 0.802. The molecule has 0 saturated heterocycles. The van der Waals surface area contributed by atoms with Gasteiger partial charge in [-0.3, -0.25) is 15.0 Å². The molecular formula is C49H29N3. The molecule has 3 nitrogen and oxygen atoms in total. The second-order valence-electron chi connectivity index (χ2n) is 13.6. The van der Waals surface area contributed by atoms with Gasteiger partial charge >= 0.3 is 0 Å². The molecule has 2 heterocycles. The van der Waals surface area contributed by atoms with Crippen LogP contribution in [0.5, 0.6) is 0 Å². The molecule has 0 N–H and O–H groups in total. The zero-order valence-corrected chi connectivity index (χ0v) is 28.1. The topological polar surface area (TPSA) is 38.7 Å². The Hall–Kier alpha value is -6.97. The number of benzene rings is 8. The molecule has 0 bridgehead atoms. The van der Waals surface area contributed by atoms with Gasteiger partial charge in [-0.1, -0.05) is 133 Å². The molecule has 3 heteroatoms.